The number of amides is 2. The summed E-state index contributed by atoms with van der Waals surface area (Å²) in [5.41, 5.74) is 4.11. The first kappa shape index (κ1) is 20.0. The van der Waals surface area contributed by atoms with Crippen LogP contribution in [0.4, 0.5) is 11.4 Å². The lowest BCUT2D eigenvalue weighted by Gasteiger charge is -2.26. The first-order chi connectivity index (χ1) is 14.2. The van der Waals surface area contributed by atoms with E-state index in [-0.39, 0.29) is 23.1 Å². The quantitative estimate of drug-likeness (QED) is 0.706. The summed E-state index contributed by atoms with van der Waals surface area (Å²) in [5.74, 6) is 0.924. The minimum absolute atomic E-state index is 0.0294. The molecule has 152 valence electrons. The Bertz CT molecular complexity index is 875. The number of nitrogens with one attached hydrogen (secondary N) is 1. The van der Waals surface area contributed by atoms with E-state index < -0.39 is 0 Å². The molecule has 29 heavy (non-hydrogen) atoms. The molecule has 1 saturated heterocycles. The van der Waals surface area contributed by atoms with Crippen LogP contribution in [0.2, 0.25) is 0 Å². The molecule has 0 spiro atoms. The second-order valence-electron chi connectivity index (χ2n) is 7.86. The van der Waals surface area contributed by atoms with Crippen LogP contribution in [-0.4, -0.2) is 17.6 Å². The number of rotatable bonds is 5. The van der Waals surface area contributed by atoms with Crippen LogP contribution in [0.1, 0.15) is 55.5 Å². The van der Waals surface area contributed by atoms with Crippen molar-refractivity contribution in [2.24, 2.45) is 5.92 Å². The molecule has 2 amide bonds. The fraction of sp³-hybridized carbons (Fsp3) is 0.417. The fourth-order valence-corrected chi connectivity index (χ4v) is 5.49. The standard InChI is InChI=1S/C24H28N2O2S/c1-2-17-8-6-7-11-21(17)26-22(27)16-29-24(26)19-12-14-20(15-13-19)25-23(28)18-9-4-3-5-10-18/h6-8,11-15,18,24H,2-5,9-10,16H2,1H3,(H,25,28)/t24-/m1/s1. The van der Waals surface area contributed by atoms with Crippen molar-refractivity contribution in [2.45, 2.75) is 50.8 Å². The van der Waals surface area contributed by atoms with E-state index in [0.29, 0.717) is 5.75 Å². The van der Waals surface area contributed by atoms with Crippen molar-refractivity contribution >= 4 is 35.0 Å². The second-order valence-corrected chi connectivity index (χ2v) is 8.92. The van der Waals surface area contributed by atoms with Crippen molar-refractivity contribution in [1.29, 1.82) is 0 Å². The molecule has 0 radical (unpaired) electrons. The van der Waals surface area contributed by atoms with Gasteiger partial charge in [0.25, 0.3) is 0 Å². The van der Waals surface area contributed by atoms with Gasteiger partial charge in [-0.15, -0.1) is 11.8 Å². The van der Waals surface area contributed by atoms with Crippen molar-refractivity contribution in [2.75, 3.05) is 16.0 Å². The maximum absolute atomic E-state index is 12.7. The highest BCUT2D eigenvalue weighted by Crippen LogP contribution is 2.43. The Hall–Kier alpha value is -2.27. The van der Waals surface area contributed by atoms with Crippen LogP contribution in [0, 0.1) is 5.92 Å². The Morgan fingerprint density at radius 1 is 1.07 bits per heavy atom. The van der Waals surface area contributed by atoms with E-state index in [0.717, 1.165) is 49.0 Å². The number of aryl methyl sites for hydroxylation is 1. The van der Waals surface area contributed by atoms with Gasteiger partial charge in [0.1, 0.15) is 5.37 Å². The summed E-state index contributed by atoms with van der Waals surface area (Å²) in [6.45, 7) is 2.12. The summed E-state index contributed by atoms with van der Waals surface area (Å²) in [5, 5.41) is 3.04. The number of carbonyl (C=O) groups is 2. The predicted octanol–water partition coefficient (Wildman–Crippen LogP) is 5.55. The van der Waals surface area contributed by atoms with Crippen LogP contribution in [-0.2, 0) is 16.0 Å². The third-order valence-electron chi connectivity index (χ3n) is 5.94. The average Bonchev–Trinajstić information content (AvgIpc) is 3.16. The van der Waals surface area contributed by atoms with E-state index in [4.69, 9.17) is 0 Å². The Kier molecular flexibility index (Phi) is 6.24. The average molecular weight is 409 g/mol. The third kappa shape index (κ3) is 4.35. The van der Waals surface area contributed by atoms with Gasteiger partial charge in [-0.2, -0.15) is 0 Å². The van der Waals surface area contributed by atoms with Crippen LogP contribution in [0.3, 0.4) is 0 Å². The molecule has 1 aliphatic carbocycles. The zero-order valence-electron chi connectivity index (χ0n) is 16.9. The predicted molar refractivity (Wildman–Crippen MR) is 120 cm³/mol. The molecular formula is C24H28N2O2S. The van der Waals surface area contributed by atoms with Gasteiger partial charge in [0.2, 0.25) is 11.8 Å². The molecule has 0 unspecified atom stereocenters. The number of para-hydroxylation sites is 1. The number of thioether (sulfide) groups is 1. The molecule has 1 heterocycles. The number of nitrogens with zero attached hydrogens (tertiary/aromatic N) is 1. The smallest absolute Gasteiger partial charge is 0.238 e. The number of hydrogen-bond acceptors (Lipinski definition) is 3. The molecule has 2 fully saturated rings. The zero-order valence-corrected chi connectivity index (χ0v) is 17.7. The Morgan fingerprint density at radius 3 is 2.52 bits per heavy atom. The van der Waals surface area contributed by atoms with Crippen LogP contribution in [0.15, 0.2) is 48.5 Å². The largest absolute Gasteiger partial charge is 0.326 e. The molecule has 1 aliphatic heterocycles. The molecule has 0 bridgehead atoms. The van der Waals surface area contributed by atoms with Crippen LogP contribution in [0.5, 0.6) is 0 Å². The Labute approximate surface area is 177 Å². The zero-order chi connectivity index (χ0) is 20.2. The molecule has 5 heteroatoms. The maximum atomic E-state index is 12.7. The lowest BCUT2D eigenvalue weighted by molar-refractivity contribution is -0.120. The lowest BCUT2D eigenvalue weighted by Crippen LogP contribution is -2.28. The number of carbonyl (C=O) groups excluding carboxylic acids is 2. The van der Waals surface area contributed by atoms with Gasteiger partial charge >= 0.3 is 0 Å². The summed E-state index contributed by atoms with van der Waals surface area (Å²) < 4.78 is 0. The van der Waals surface area contributed by atoms with Crippen LogP contribution >= 0.6 is 11.8 Å². The molecule has 4 rings (SSSR count). The second kappa shape index (κ2) is 9.04. The van der Waals surface area contributed by atoms with E-state index in [9.17, 15) is 9.59 Å². The summed E-state index contributed by atoms with van der Waals surface area (Å²) in [6.07, 6.45) is 6.43. The summed E-state index contributed by atoms with van der Waals surface area (Å²) >= 11 is 1.66. The van der Waals surface area contributed by atoms with Gasteiger partial charge in [0.15, 0.2) is 0 Å². The first-order valence-corrected chi connectivity index (χ1v) is 11.6. The number of anilines is 2. The summed E-state index contributed by atoms with van der Waals surface area (Å²) in [4.78, 5) is 27.1. The van der Waals surface area contributed by atoms with Crippen LogP contribution in [0.25, 0.3) is 0 Å². The van der Waals surface area contributed by atoms with E-state index in [2.05, 4.69) is 18.3 Å². The third-order valence-corrected chi connectivity index (χ3v) is 7.15. The van der Waals surface area contributed by atoms with Gasteiger partial charge < -0.3 is 5.32 Å². The van der Waals surface area contributed by atoms with Gasteiger partial charge in [-0.3, -0.25) is 14.5 Å². The fourth-order valence-electron chi connectivity index (χ4n) is 4.32. The minimum Gasteiger partial charge on any atom is -0.326 e. The highest BCUT2D eigenvalue weighted by atomic mass is 32.2. The molecule has 2 aromatic carbocycles. The van der Waals surface area contributed by atoms with Gasteiger partial charge in [-0.05, 0) is 48.6 Å². The molecule has 2 aromatic rings. The van der Waals surface area contributed by atoms with E-state index in [1.54, 1.807) is 11.8 Å². The first-order valence-electron chi connectivity index (χ1n) is 10.6. The van der Waals surface area contributed by atoms with Gasteiger partial charge in [0, 0.05) is 17.3 Å². The van der Waals surface area contributed by atoms with Crippen molar-refractivity contribution in [3.63, 3.8) is 0 Å². The number of benzene rings is 2. The van der Waals surface area contributed by atoms with Crippen molar-refractivity contribution in [1.82, 2.24) is 0 Å². The molecular weight excluding hydrogens is 380 g/mol. The van der Waals surface area contributed by atoms with Crippen molar-refractivity contribution in [3.05, 3.63) is 59.7 Å². The normalized spacial score (nSPS) is 20.1. The van der Waals surface area contributed by atoms with Crippen LogP contribution < -0.4 is 10.2 Å². The maximum Gasteiger partial charge on any atom is 0.238 e. The van der Waals surface area contributed by atoms with Gasteiger partial charge in [-0.1, -0.05) is 56.5 Å². The topological polar surface area (TPSA) is 49.4 Å². The van der Waals surface area contributed by atoms with E-state index >= 15 is 0 Å². The highest BCUT2D eigenvalue weighted by molar-refractivity contribution is 8.00. The summed E-state index contributed by atoms with van der Waals surface area (Å²) in [7, 11) is 0. The van der Waals surface area contributed by atoms with Crippen molar-refractivity contribution < 1.29 is 9.59 Å². The van der Waals surface area contributed by atoms with Gasteiger partial charge in [-0.25, -0.2) is 0 Å². The highest BCUT2D eigenvalue weighted by Gasteiger charge is 2.35. The molecule has 1 atom stereocenters. The van der Waals surface area contributed by atoms with E-state index in [1.807, 2.05) is 47.4 Å². The minimum atomic E-state index is -0.0294. The molecule has 2 aliphatic rings. The van der Waals surface area contributed by atoms with Gasteiger partial charge in [0.05, 0.1) is 5.75 Å². The molecule has 1 saturated carbocycles. The monoisotopic (exact) mass is 408 g/mol. The number of hydrogen-bond donors (Lipinski definition) is 1. The molecule has 0 aromatic heterocycles. The molecule has 1 N–H and O–H groups in total. The molecule has 4 nitrogen and oxygen atoms in total. The van der Waals surface area contributed by atoms with Crippen molar-refractivity contribution in [3.8, 4) is 0 Å². The Balaban J connectivity index is 1.50. The van der Waals surface area contributed by atoms with E-state index in [1.165, 1.54) is 12.0 Å². The SMILES string of the molecule is CCc1ccccc1N1C(=O)CS[C@@H]1c1ccc(NC(=O)C2CCCCC2)cc1. The lowest BCUT2D eigenvalue weighted by atomic mass is 9.88. The Morgan fingerprint density at radius 2 is 1.79 bits per heavy atom. The summed E-state index contributed by atoms with van der Waals surface area (Å²) in [6, 6.07) is 16.1.